The van der Waals surface area contributed by atoms with Crippen molar-refractivity contribution >= 4 is 22.1 Å². The van der Waals surface area contributed by atoms with Gasteiger partial charge in [0.1, 0.15) is 42.0 Å². The molecular weight excluding hydrogens is 901 g/mol. The highest BCUT2D eigenvalue weighted by atomic mass is 32.2. The standard InChI is InChI=1S/C29H32O9S.C22H26O7/c1-18-7-10-21(11-8-18)39(31,32)38-26-16-29(2,3)37-23-12-9-20(15-22(23)26)28(30)36-17-19-13-24(33-4)27(35-6)25(14-19)34-5;1-22(2)11-16(23)15-10-14(6-7-17(15)29-22)21(24)28-12-13-8-18(25-3)20(27-5)19(9-13)26-4/h7-15,26H,16-17H2,1-6H3;6-10,16,23H,11-12H2,1-5H3. The Bertz CT molecular complexity index is 2680. The summed E-state index contributed by atoms with van der Waals surface area (Å²) in [5.41, 5.74) is 2.72. The van der Waals surface area contributed by atoms with Gasteiger partial charge in [0.2, 0.25) is 11.5 Å². The number of fused-ring (bicyclic) bond motifs is 2. The molecule has 0 saturated carbocycles. The maximum absolute atomic E-state index is 13.1. The van der Waals surface area contributed by atoms with Crippen molar-refractivity contribution in [2.24, 2.45) is 0 Å². The fraction of sp³-hybridized carbons (Fsp3) is 0.373. The lowest BCUT2D eigenvalue weighted by Gasteiger charge is -2.37. The summed E-state index contributed by atoms with van der Waals surface area (Å²) in [4.78, 5) is 25.6. The van der Waals surface area contributed by atoms with Gasteiger partial charge in [-0.05, 0) is 119 Å². The molecule has 5 aromatic carbocycles. The first kappa shape index (κ1) is 50.7. The van der Waals surface area contributed by atoms with E-state index in [4.69, 9.17) is 51.6 Å². The highest BCUT2D eigenvalue weighted by molar-refractivity contribution is 7.86. The lowest BCUT2D eigenvalue weighted by atomic mass is 9.91. The summed E-state index contributed by atoms with van der Waals surface area (Å²) >= 11 is 0. The Kier molecular flexibility index (Phi) is 15.7. The SMILES string of the molecule is COc1cc(COC(=O)c2ccc3c(c2)C(O)CC(C)(C)O3)cc(OC)c1OC.COc1cc(COC(=O)c2ccc3c(c2)C(OS(=O)(=O)c2ccc(C)cc2)CC(C)(C)O3)cc(OC)c1OC. The third-order valence-corrected chi connectivity index (χ3v) is 12.4. The van der Waals surface area contributed by atoms with Crippen molar-refractivity contribution in [3.8, 4) is 46.0 Å². The van der Waals surface area contributed by atoms with Crippen LogP contribution < -0.4 is 37.9 Å². The van der Waals surface area contributed by atoms with Crippen LogP contribution in [0.25, 0.3) is 0 Å². The number of hydrogen-bond acceptors (Lipinski definition) is 16. The Morgan fingerprint density at radius 2 is 1.00 bits per heavy atom. The number of carbonyl (C=O) groups is 2. The number of benzene rings is 5. The maximum Gasteiger partial charge on any atom is 0.338 e. The molecule has 5 aromatic rings. The largest absolute Gasteiger partial charge is 0.493 e. The summed E-state index contributed by atoms with van der Waals surface area (Å²) < 4.78 is 86.7. The molecule has 2 aliphatic rings. The number of methoxy groups -OCH3 is 6. The first-order valence-corrected chi connectivity index (χ1v) is 22.9. The predicted molar refractivity (Wildman–Crippen MR) is 249 cm³/mol. The maximum atomic E-state index is 13.1. The molecule has 364 valence electrons. The second-order valence-corrected chi connectivity index (χ2v) is 18.8. The van der Waals surface area contributed by atoms with Crippen LogP contribution in [-0.2, 0) is 37.0 Å². The van der Waals surface area contributed by atoms with E-state index in [0.717, 1.165) is 5.56 Å². The average Bonchev–Trinajstić information content (AvgIpc) is 3.30. The van der Waals surface area contributed by atoms with Gasteiger partial charge < -0.3 is 52.5 Å². The minimum absolute atomic E-state index is 0.0265. The zero-order valence-electron chi connectivity index (χ0n) is 40.0. The van der Waals surface area contributed by atoms with Crippen LogP contribution in [0, 0.1) is 6.92 Å². The van der Waals surface area contributed by atoms with Crippen LogP contribution in [0.4, 0.5) is 0 Å². The van der Waals surface area contributed by atoms with E-state index in [9.17, 15) is 23.1 Å². The van der Waals surface area contributed by atoms with Crippen LogP contribution in [0.2, 0.25) is 0 Å². The number of rotatable bonds is 15. The molecule has 2 aliphatic heterocycles. The summed E-state index contributed by atoms with van der Waals surface area (Å²) in [6.45, 7) is 9.37. The van der Waals surface area contributed by atoms with E-state index in [0.29, 0.717) is 80.2 Å². The van der Waals surface area contributed by atoms with E-state index in [1.54, 1.807) is 72.8 Å². The zero-order chi connectivity index (χ0) is 49.6. The lowest BCUT2D eigenvalue weighted by molar-refractivity contribution is 0.0113. The molecule has 0 radical (unpaired) electrons. The number of esters is 2. The van der Waals surface area contributed by atoms with Gasteiger partial charge in [-0.1, -0.05) is 17.7 Å². The number of aliphatic hydroxyl groups excluding tert-OH is 1. The van der Waals surface area contributed by atoms with Crippen molar-refractivity contribution in [1.82, 2.24) is 0 Å². The number of aliphatic hydroxyl groups is 1. The second kappa shape index (κ2) is 21.1. The number of hydrogen-bond donors (Lipinski definition) is 1. The quantitative estimate of drug-likeness (QED) is 0.0772. The van der Waals surface area contributed by atoms with Crippen molar-refractivity contribution < 1.29 is 74.7 Å². The van der Waals surface area contributed by atoms with Gasteiger partial charge in [0.05, 0.1) is 64.8 Å². The fourth-order valence-corrected chi connectivity index (χ4v) is 8.82. The lowest BCUT2D eigenvalue weighted by Crippen LogP contribution is -2.36. The molecule has 0 bridgehead atoms. The summed E-state index contributed by atoms with van der Waals surface area (Å²) in [6.07, 6.45) is -0.853. The molecule has 0 fully saturated rings. The first-order chi connectivity index (χ1) is 32.2. The van der Waals surface area contributed by atoms with Crippen molar-refractivity contribution in [3.63, 3.8) is 0 Å². The predicted octanol–water partition coefficient (Wildman–Crippen LogP) is 9.05. The minimum Gasteiger partial charge on any atom is -0.493 e. The number of carbonyl (C=O) groups excluding carboxylic acids is 2. The Hall–Kier alpha value is -6.69. The van der Waals surface area contributed by atoms with E-state index >= 15 is 0 Å². The fourth-order valence-electron chi connectivity index (χ4n) is 7.76. The molecule has 0 amide bonds. The normalized spacial score (nSPS) is 16.4. The topological polar surface area (TPSA) is 190 Å². The van der Waals surface area contributed by atoms with Crippen molar-refractivity contribution in [2.75, 3.05) is 42.7 Å². The number of ether oxygens (including phenoxy) is 10. The van der Waals surface area contributed by atoms with Crippen LogP contribution in [0.1, 0.15) is 101 Å². The molecule has 0 spiro atoms. The smallest absolute Gasteiger partial charge is 0.338 e. The van der Waals surface area contributed by atoms with Crippen molar-refractivity contribution in [3.05, 3.63) is 124 Å². The summed E-state index contributed by atoms with van der Waals surface area (Å²) in [6, 6.07) is 23.0. The summed E-state index contributed by atoms with van der Waals surface area (Å²) in [5.74, 6) is 2.65. The van der Waals surface area contributed by atoms with E-state index in [-0.39, 0.29) is 30.1 Å². The van der Waals surface area contributed by atoms with Gasteiger partial charge in [-0.25, -0.2) is 9.59 Å². The monoisotopic (exact) mass is 958 g/mol. The van der Waals surface area contributed by atoms with Gasteiger partial charge in [-0.15, -0.1) is 0 Å². The van der Waals surface area contributed by atoms with Gasteiger partial charge in [-0.2, -0.15) is 8.42 Å². The molecular formula is C51H58O16S. The van der Waals surface area contributed by atoms with Crippen molar-refractivity contribution in [1.29, 1.82) is 0 Å². The average molecular weight is 959 g/mol. The Morgan fingerprint density at radius 3 is 1.43 bits per heavy atom. The summed E-state index contributed by atoms with van der Waals surface area (Å²) in [5, 5.41) is 10.4. The molecule has 0 saturated heterocycles. The van der Waals surface area contributed by atoms with E-state index in [1.165, 1.54) is 54.8 Å². The minimum atomic E-state index is -4.07. The molecule has 2 atom stereocenters. The third-order valence-electron chi connectivity index (χ3n) is 11.1. The van der Waals surface area contributed by atoms with Crippen LogP contribution in [0.5, 0.6) is 46.0 Å². The Balaban J connectivity index is 0.000000234. The van der Waals surface area contributed by atoms with Crippen molar-refractivity contribution in [2.45, 2.75) is 89.0 Å². The van der Waals surface area contributed by atoms with Crippen LogP contribution >= 0.6 is 0 Å². The highest BCUT2D eigenvalue weighted by Gasteiger charge is 2.38. The van der Waals surface area contributed by atoms with Gasteiger partial charge in [0.15, 0.2) is 23.0 Å². The molecule has 1 N–H and O–H groups in total. The Morgan fingerprint density at radius 1 is 0.588 bits per heavy atom. The van der Waals surface area contributed by atoms with Gasteiger partial charge in [0, 0.05) is 24.0 Å². The van der Waals surface area contributed by atoms with Crippen LogP contribution in [0.3, 0.4) is 0 Å². The number of aryl methyl sites for hydroxylation is 1. The Labute approximate surface area is 397 Å². The van der Waals surface area contributed by atoms with Gasteiger partial charge >= 0.3 is 11.9 Å². The third kappa shape index (κ3) is 11.9. The van der Waals surface area contributed by atoms with Gasteiger partial charge in [0.25, 0.3) is 10.1 Å². The van der Waals surface area contributed by atoms with Crippen LogP contribution in [0.15, 0.2) is 89.8 Å². The highest BCUT2D eigenvalue weighted by Crippen LogP contribution is 2.45. The second-order valence-electron chi connectivity index (χ2n) is 17.2. The zero-order valence-corrected chi connectivity index (χ0v) is 40.9. The molecule has 17 heteroatoms. The van der Waals surface area contributed by atoms with E-state index in [2.05, 4.69) is 0 Å². The molecule has 68 heavy (non-hydrogen) atoms. The molecule has 2 unspecified atom stereocenters. The molecule has 0 aromatic heterocycles. The summed E-state index contributed by atoms with van der Waals surface area (Å²) in [7, 11) is 5.00. The molecule has 2 heterocycles. The molecule has 16 nitrogen and oxygen atoms in total. The molecule has 0 aliphatic carbocycles. The first-order valence-electron chi connectivity index (χ1n) is 21.5. The molecule has 7 rings (SSSR count). The van der Waals surface area contributed by atoms with Crippen LogP contribution in [-0.4, -0.2) is 79.3 Å². The van der Waals surface area contributed by atoms with E-state index in [1.807, 2.05) is 34.6 Å². The van der Waals surface area contributed by atoms with E-state index < -0.39 is 45.5 Å². The van der Waals surface area contributed by atoms with Gasteiger partial charge in [-0.3, -0.25) is 4.18 Å².